The van der Waals surface area contributed by atoms with Crippen molar-refractivity contribution in [3.05, 3.63) is 96.1 Å². The van der Waals surface area contributed by atoms with Crippen LogP contribution in [-0.2, 0) is 13.1 Å². The first kappa shape index (κ1) is 20.3. The maximum absolute atomic E-state index is 12.6. The molecule has 0 atom stereocenters. The molecule has 3 rings (SSSR count). The van der Waals surface area contributed by atoms with E-state index in [1.54, 1.807) is 30.3 Å². The predicted octanol–water partition coefficient (Wildman–Crippen LogP) is 0.615. The summed E-state index contributed by atoms with van der Waals surface area (Å²) in [5.74, 6) is -0.618. The van der Waals surface area contributed by atoms with Gasteiger partial charge in [-0.15, -0.1) is 0 Å². The first-order chi connectivity index (χ1) is 14.0. The molecule has 0 saturated carbocycles. The molecule has 0 bridgehead atoms. The monoisotopic (exact) mass is 415 g/mol. The second kappa shape index (κ2) is 9.16. The second-order valence-corrected chi connectivity index (χ2v) is 6.59. The number of carbonyl (C=O) groups is 1. The Kier molecular flexibility index (Phi) is 6.40. The van der Waals surface area contributed by atoms with E-state index in [0.717, 1.165) is 10.8 Å². The number of nitrogens with one attached hydrogen (secondary N) is 2. The number of halogens is 1. The van der Waals surface area contributed by atoms with Gasteiger partial charge in [-0.25, -0.2) is 9.48 Å². The first-order valence-electron chi connectivity index (χ1n) is 8.83. The van der Waals surface area contributed by atoms with Gasteiger partial charge in [-0.05, 0) is 24.1 Å². The van der Waals surface area contributed by atoms with Crippen molar-refractivity contribution in [3.8, 4) is 0 Å². The van der Waals surface area contributed by atoms with Gasteiger partial charge in [-0.2, -0.15) is 5.10 Å². The van der Waals surface area contributed by atoms with Crippen LogP contribution in [0.1, 0.15) is 22.3 Å². The molecule has 0 unspecified atom stereocenters. The number of rotatable bonds is 7. The molecule has 0 aliphatic carbocycles. The number of hydrogen-bond acceptors (Lipinski definition) is 5. The van der Waals surface area contributed by atoms with Gasteiger partial charge in [0.05, 0.1) is 6.54 Å². The second-order valence-electron chi connectivity index (χ2n) is 6.18. The number of H-pyrrole nitrogens is 1. The first-order valence-corrected chi connectivity index (χ1v) is 9.21. The minimum absolute atomic E-state index is 0.0580. The van der Waals surface area contributed by atoms with Crippen molar-refractivity contribution in [2.24, 2.45) is 0 Å². The lowest BCUT2D eigenvalue weighted by Gasteiger charge is -2.09. The maximum atomic E-state index is 12.6. The molecule has 1 amide bonds. The molecular formula is C19H18ClN5O4. The topological polar surface area (TPSA) is 119 Å². The Labute approximate surface area is 169 Å². The highest BCUT2D eigenvalue weighted by Gasteiger charge is 2.15. The molecule has 10 heteroatoms. The number of aromatic nitrogens is 4. The van der Waals surface area contributed by atoms with Crippen molar-refractivity contribution < 1.29 is 4.79 Å². The van der Waals surface area contributed by atoms with Crippen LogP contribution in [0, 0.1) is 0 Å². The van der Waals surface area contributed by atoms with E-state index in [0.29, 0.717) is 23.6 Å². The molecule has 150 valence electrons. The van der Waals surface area contributed by atoms with Gasteiger partial charge in [0.2, 0.25) is 0 Å². The van der Waals surface area contributed by atoms with Crippen molar-refractivity contribution >= 4 is 17.5 Å². The zero-order valence-electron chi connectivity index (χ0n) is 15.3. The SMILES string of the molecule is O=C(NCCCn1ncccc1=O)c1c[nH]c(=O)n(Cc2ccccc2Cl)c1=O. The third-order valence-electron chi connectivity index (χ3n) is 4.21. The summed E-state index contributed by atoms with van der Waals surface area (Å²) in [4.78, 5) is 51.1. The summed E-state index contributed by atoms with van der Waals surface area (Å²) in [5.41, 5.74) is -1.19. The fourth-order valence-corrected chi connectivity index (χ4v) is 2.89. The average Bonchev–Trinajstić information content (AvgIpc) is 2.71. The summed E-state index contributed by atoms with van der Waals surface area (Å²) in [5, 5.41) is 6.95. The third-order valence-corrected chi connectivity index (χ3v) is 4.58. The predicted molar refractivity (Wildman–Crippen MR) is 107 cm³/mol. The molecule has 29 heavy (non-hydrogen) atoms. The summed E-state index contributed by atoms with van der Waals surface area (Å²) in [6, 6.07) is 9.77. The molecule has 0 aliphatic rings. The maximum Gasteiger partial charge on any atom is 0.328 e. The number of carbonyl (C=O) groups excluding carboxylic acids is 1. The van der Waals surface area contributed by atoms with Crippen LogP contribution < -0.4 is 22.1 Å². The van der Waals surface area contributed by atoms with Crippen molar-refractivity contribution in [2.75, 3.05) is 6.54 Å². The molecule has 0 spiro atoms. The van der Waals surface area contributed by atoms with E-state index < -0.39 is 17.2 Å². The summed E-state index contributed by atoms with van der Waals surface area (Å²) in [6.45, 7) is 0.491. The van der Waals surface area contributed by atoms with Gasteiger partial charge in [0.15, 0.2) is 0 Å². The molecular weight excluding hydrogens is 398 g/mol. The molecule has 2 heterocycles. The van der Waals surface area contributed by atoms with Crippen LogP contribution in [0.15, 0.2) is 63.2 Å². The summed E-state index contributed by atoms with van der Waals surface area (Å²) in [6.07, 6.45) is 3.04. The van der Waals surface area contributed by atoms with Gasteiger partial charge in [0, 0.05) is 36.6 Å². The molecule has 0 saturated heterocycles. The normalized spacial score (nSPS) is 10.7. The summed E-state index contributed by atoms with van der Waals surface area (Å²) >= 11 is 6.09. The summed E-state index contributed by atoms with van der Waals surface area (Å²) < 4.78 is 2.20. The quantitative estimate of drug-likeness (QED) is 0.548. The van der Waals surface area contributed by atoms with E-state index in [4.69, 9.17) is 11.6 Å². The number of hydrogen-bond donors (Lipinski definition) is 2. The lowest BCUT2D eigenvalue weighted by atomic mass is 10.2. The highest BCUT2D eigenvalue weighted by Crippen LogP contribution is 2.14. The highest BCUT2D eigenvalue weighted by molar-refractivity contribution is 6.31. The number of nitrogens with zero attached hydrogens (tertiary/aromatic N) is 3. The van der Waals surface area contributed by atoms with E-state index >= 15 is 0 Å². The number of benzene rings is 1. The Hall–Kier alpha value is -3.46. The zero-order valence-corrected chi connectivity index (χ0v) is 16.1. The van der Waals surface area contributed by atoms with Gasteiger partial charge in [-0.3, -0.25) is 19.0 Å². The molecule has 0 fully saturated rings. The largest absolute Gasteiger partial charge is 0.352 e. The van der Waals surface area contributed by atoms with E-state index in [2.05, 4.69) is 15.4 Å². The Bertz CT molecular complexity index is 1200. The Morgan fingerprint density at radius 2 is 1.93 bits per heavy atom. The van der Waals surface area contributed by atoms with Crippen molar-refractivity contribution in [1.82, 2.24) is 24.6 Å². The van der Waals surface area contributed by atoms with Crippen LogP contribution in [0.2, 0.25) is 5.02 Å². The van der Waals surface area contributed by atoms with E-state index in [1.807, 2.05) is 0 Å². The van der Waals surface area contributed by atoms with Crippen LogP contribution in [0.4, 0.5) is 0 Å². The van der Waals surface area contributed by atoms with E-state index in [-0.39, 0.29) is 24.2 Å². The molecule has 0 aliphatic heterocycles. The number of aryl methyl sites for hydroxylation is 1. The minimum atomic E-state index is -0.716. The molecule has 1 aromatic carbocycles. The van der Waals surface area contributed by atoms with Crippen LogP contribution in [-0.4, -0.2) is 31.8 Å². The van der Waals surface area contributed by atoms with Crippen LogP contribution in [0.25, 0.3) is 0 Å². The highest BCUT2D eigenvalue weighted by atomic mass is 35.5. The fourth-order valence-electron chi connectivity index (χ4n) is 2.70. The fraction of sp³-hybridized carbons (Fsp3) is 0.211. The van der Waals surface area contributed by atoms with Gasteiger partial charge < -0.3 is 10.3 Å². The Morgan fingerprint density at radius 3 is 2.69 bits per heavy atom. The standard InChI is InChI=1S/C19H18ClN5O4/c20-15-6-2-1-5-13(15)12-24-18(28)14(11-22-19(24)29)17(27)21-8-4-10-25-16(26)7-3-9-23-25/h1-3,5-7,9,11H,4,8,10,12H2,(H,21,27)(H,22,29). The van der Waals surface area contributed by atoms with Crippen LogP contribution in [0.3, 0.4) is 0 Å². The molecule has 0 radical (unpaired) electrons. The Morgan fingerprint density at radius 1 is 1.14 bits per heavy atom. The van der Waals surface area contributed by atoms with E-state index in [9.17, 15) is 19.2 Å². The molecule has 3 aromatic rings. The Balaban J connectivity index is 1.69. The molecule has 9 nitrogen and oxygen atoms in total. The smallest absolute Gasteiger partial charge is 0.328 e. The van der Waals surface area contributed by atoms with Gasteiger partial charge in [-0.1, -0.05) is 29.8 Å². The zero-order chi connectivity index (χ0) is 20.8. The van der Waals surface area contributed by atoms with Crippen LogP contribution in [0.5, 0.6) is 0 Å². The van der Waals surface area contributed by atoms with Gasteiger partial charge in [0.1, 0.15) is 5.56 Å². The van der Waals surface area contributed by atoms with E-state index in [1.165, 1.54) is 16.9 Å². The van der Waals surface area contributed by atoms with Gasteiger partial charge in [0.25, 0.3) is 17.0 Å². The summed E-state index contributed by atoms with van der Waals surface area (Å²) in [7, 11) is 0. The van der Waals surface area contributed by atoms with Crippen molar-refractivity contribution in [1.29, 1.82) is 0 Å². The van der Waals surface area contributed by atoms with Crippen LogP contribution >= 0.6 is 11.6 Å². The number of aromatic amines is 1. The molecule has 2 N–H and O–H groups in total. The number of amides is 1. The van der Waals surface area contributed by atoms with Crippen molar-refractivity contribution in [3.63, 3.8) is 0 Å². The lowest BCUT2D eigenvalue weighted by molar-refractivity contribution is 0.0950. The van der Waals surface area contributed by atoms with Crippen molar-refractivity contribution in [2.45, 2.75) is 19.5 Å². The van der Waals surface area contributed by atoms with Gasteiger partial charge >= 0.3 is 5.69 Å². The molecule has 2 aromatic heterocycles. The lowest BCUT2D eigenvalue weighted by Crippen LogP contribution is -2.41. The minimum Gasteiger partial charge on any atom is -0.352 e. The average molecular weight is 416 g/mol. The third kappa shape index (κ3) is 4.88.